The smallest absolute Gasteiger partial charge is 0.0932 e. The summed E-state index contributed by atoms with van der Waals surface area (Å²) >= 11 is 0. The molecule has 2 N–H and O–H groups in total. The number of aryl methyl sites for hydroxylation is 1. The summed E-state index contributed by atoms with van der Waals surface area (Å²) in [7, 11) is 1.88. The van der Waals surface area contributed by atoms with Crippen LogP contribution in [0.4, 0.5) is 11.4 Å². The normalized spacial score (nSPS) is 10.3. The second kappa shape index (κ2) is 5.67. The van der Waals surface area contributed by atoms with Crippen LogP contribution in [0.1, 0.15) is 11.1 Å². The van der Waals surface area contributed by atoms with E-state index in [1.807, 2.05) is 31.3 Å². The lowest BCUT2D eigenvalue weighted by molar-refractivity contribution is 0.282. The zero-order valence-electron chi connectivity index (χ0n) is 11.3. The number of hydrogen-bond donors (Lipinski definition) is 2. The van der Waals surface area contributed by atoms with Gasteiger partial charge in [0.25, 0.3) is 0 Å². The molecule has 3 nitrogen and oxygen atoms in total. The van der Waals surface area contributed by atoms with Crippen molar-refractivity contribution in [1.29, 1.82) is 0 Å². The largest absolute Gasteiger partial charge is 0.392 e. The van der Waals surface area contributed by atoms with Gasteiger partial charge in [-0.05, 0) is 42.5 Å². The minimum atomic E-state index is 0.0580. The summed E-state index contributed by atoms with van der Waals surface area (Å²) in [5.41, 5.74) is 6.00. The molecule has 2 rings (SSSR count). The van der Waals surface area contributed by atoms with Crippen LogP contribution in [-0.4, -0.2) is 18.9 Å². The summed E-state index contributed by atoms with van der Waals surface area (Å²) in [6, 6.07) is 12.0. The van der Waals surface area contributed by atoms with Gasteiger partial charge in [0.2, 0.25) is 0 Å². The highest BCUT2D eigenvalue weighted by atomic mass is 16.3. The van der Waals surface area contributed by atoms with Crippen LogP contribution in [0, 0.1) is 6.92 Å². The number of anilines is 1. The summed E-state index contributed by atoms with van der Waals surface area (Å²) in [5, 5.41) is 12.2. The molecule has 0 saturated heterocycles. The SMILES string of the molecule is C=Nc1c(NC)cc(C)cc1-c1ccc(CO)cc1. The zero-order chi connectivity index (χ0) is 13.8. The molecule has 0 spiro atoms. The molecule has 2 aromatic rings. The van der Waals surface area contributed by atoms with E-state index in [2.05, 4.69) is 36.1 Å². The Balaban J connectivity index is 2.59. The predicted octanol–water partition coefficient (Wildman–Crippen LogP) is 3.53. The van der Waals surface area contributed by atoms with Crippen LogP contribution in [0.5, 0.6) is 0 Å². The fraction of sp³-hybridized carbons (Fsp3) is 0.188. The number of rotatable bonds is 4. The lowest BCUT2D eigenvalue weighted by Gasteiger charge is -2.13. The van der Waals surface area contributed by atoms with Crippen molar-refractivity contribution in [2.45, 2.75) is 13.5 Å². The third-order valence-corrected chi connectivity index (χ3v) is 3.13. The van der Waals surface area contributed by atoms with Gasteiger partial charge in [-0.25, -0.2) is 0 Å². The average molecular weight is 254 g/mol. The third kappa shape index (κ3) is 2.66. The Morgan fingerprint density at radius 2 is 1.89 bits per heavy atom. The van der Waals surface area contributed by atoms with E-state index in [0.29, 0.717) is 0 Å². The first kappa shape index (κ1) is 13.3. The maximum absolute atomic E-state index is 9.09. The lowest BCUT2D eigenvalue weighted by Crippen LogP contribution is -1.92. The lowest BCUT2D eigenvalue weighted by atomic mass is 9.99. The minimum Gasteiger partial charge on any atom is -0.392 e. The third-order valence-electron chi connectivity index (χ3n) is 3.13. The molecular weight excluding hydrogens is 236 g/mol. The topological polar surface area (TPSA) is 44.6 Å². The number of aliphatic imine (C=N–C) groups is 1. The number of hydrogen-bond acceptors (Lipinski definition) is 3. The van der Waals surface area contributed by atoms with Gasteiger partial charge < -0.3 is 10.4 Å². The molecule has 0 aliphatic rings. The van der Waals surface area contributed by atoms with E-state index in [9.17, 15) is 0 Å². The van der Waals surface area contributed by atoms with Gasteiger partial charge in [0.15, 0.2) is 0 Å². The van der Waals surface area contributed by atoms with E-state index in [0.717, 1.165) is 33.6 Å². The number of nitrogens with one attached hydrogen (secondary N) is 1. The summed E-state index contributed by atoms with van der Waals surface area (Å²) in [6.07, 6.45) is 0. The van der Waals surface area contributed by atoms with E-state index in [1.54, 1.807) is 0 Å². The maximum atomic E-state index is 9.09. The van der Waals surface area contributed by atoms with Gasteiger partial charge in [-0.15, -0.1) is 0 Å². The number of aliphatic hydroxyl groups is 1. The van der Waals surface area contributed by atoms with E-state index < -0.39 is 0 Å². The molecule has 0 atom stereocenters. The molecule has 0 fully saturated rings. The van der Waals surface area contributed by atoms with Crippen LogP contribution in [0.15, 0.2) is 41.4 Å². The molecule has 98 valence electrons. The van der Waals surface area contributed by atoms with Crippen molar-refractivity contribution >= 4 is 18.1 Å². The zero-order valence-corrected chi connectivity index (χ0v) is 11.3. The van der Waals surface area contributed by atoms with Gasteiger partial charge in [0.05, 0.1) is 18.0 Å². The van der Waals surface area contributed by atoms with Gasteiger partial charge in [-0.3, -0.25) is 4.99 Å². The van der Waals surface area contributed by atoms with Crippen LogP contribution in [-0.2, 0) is 6.61 Å². The monoisotopic (exact) mass is 254 g/mol. The van der Waals surface area contributed by atoms with Crippen molar-refractivity contribution in [1.82, 2.24) is 0 Å². The van der Waals surface area contributed by atoms with E-state index >= 15 is 0 Å². The van der Waals surface area contributed by atoms with Crippen LogP contribution in [0.25, 0.3) is 11.1 Å². The number of nitrogens with zero attached hydrogens (tertiary/aromatic N) is 1. The maximum Gasteiger partial charge on any atom is 0.0932 e. The molecule has 0 aliphatic heterocycles. The first-order valence-electron chi connectivity index (χ1n) is 6.19. The Morgan fingerprint density at radius 1 is 1.21 bits per heavy atom. The highest BCUT2D eigenvalue weighted by Gasteiger charge is 2.09. The molecule has 0 radical (unpaired) electrons. The van der Waals surface area contributed by atoms with Crippen molar-refractivity contribution in [2.24, 2.45) is 4.99 Å². The molecule has 0 bridgehead atoms. The van der Waals surface area contributed by atoms with Gasteiger partial charge in [-0.1, -0.05) is 24.3 Å². The Hall–Kier alpha value is -2.13. The van der Waals surface area contributed by atoms with Crippen molar-refractivity contribution in [3.8, 4) is 11.1 Å². The van der Waals surface area contributed by atoms with E-state index in [1.165, 1.54) is 0 Å². The molecule has 19 heavy (non-hydrogen) atoms. The van der Waals surface area contributed by atoms with Gasteiger partial charge in [0.1, 0.15) is 0 Å². The average Bonchev–Trinajstić information content (AvgIpc) is 2.46. The van der Waals surface area contributed by atoms with Crippen LogP contribution >= 0.6 is 0 Å². The van der Waals surface area contributed by atoms with Crippen LogP contribution in [0.2, 0.25) is 0 Å². The number of aliphatic hydroxyl groups excluding tert-OH is 1. The molecule has 0 saturated carbocycles. The minimum absolute atomic E-state index is 0.0580. The Bertz CT molecular complexity index is 588. The molecule has 0 heterocycles. The number of benzene rings is 2. The molecule has 0 unspecified atom stereocenters. The van der Waals surface area contributed by atoms with E-state index in [4.69, 9.17) is 5.11 Å². The van der Waals surface area contributed by atoms with E-state index in [-0.39, 0.29) is 6.61 Å². The van der Waals surface area contributed by atoms with Crippen molar-refractivity contribution in [3.63, 3.8) is 0 Å². The summed E-state index contributed by atoms with van der Waals surface area (Å²) in [4.78, 5) is 4.14. The van der Waals surface area contributed by atoms with Crippen LogP contribution in [0.3, 0.4) is 0 Å². The first-order chi connectivity index (χ1) is 9.19. The first-order valence-corrected chi connectivity index (χ1v) is 6.19. The van der Waals surface area contributed by atoms with Gasteiger partial charge >= 0.3 is 0 Å². The van der Waals surface area contributed by atoms with Gasteiger partial charge in [-0.2, -0.15) is 0 Å². The molecule has 0 aromatic heterocycles. The quantitative estimate of drug-likeness (QED) is 0.820. The van der Waals surface area contributed by atoms with Crippen LogP contribution < -0.4 is 5.32 Å². The second-order valence-corrected chi connectivity index (χ2v) is 4.47. The molecule has 2 aromatic carbocycles. The van der Waals surface area contributed by atoms with Gasteiger partial charge in [0, 0.05) is 12.6 Å². The highest BCUT2D eigenvalue weighted by molar-refractivity contribution is 5.86. The summed E-state index contributed by atoms with van der Waals surface area (Å²) in [5.74, 6) is 0. The van der Waals surface area contributed by atoms with Crippen molar-refractivity contribution in [3.05, 3.63) is 47.5 Å². The molecule has 0 aliphatic carbocycles. The molecule has 0 amide bonds. The standard InChI is InChI=1S/C16H18N2O/c1-11-8-14(16(18-3)15(9-11)17-2)13-6-4-12(10-19)5-7-13/h4-9,17,19H,3,10H2,1-2H3. The molecular formula is C16H18N2O. The Morgan fingerprint density at radius 3 is 2.42 bits per heavy atom. The summed E-state index contributed by atoms with van der Waals surface area (Å²) in [6.45, 7) is 5.77. The fourth-order valence-electron chi connectivity index (χ4n) is 2.15. The Kier molecular flexibility index (Phi) is 3.97. The predicted molar refractivity (Wildman–Crippen MR) is 81.3 cm³/mol. The van der Waals surface area contributed by atoms with Crippen molar-refractivity contribution in [2.75, 3.05) is 12.4 Å². The Labute approximate surface area is 113 Å². The summed E-state index contributed by atoms with van der Waals surface area (Å²) < 4.78 is 0. The second-order valence-electron chi connectivity index (χ2n) is 4.47. The highest BCUT2D eigenvalue weighted by Crippen LogP contribution is 2.37. The molecule has 3 heteroatoms. The fourth-order valence-corrected chi connectivity index (χ4v) is 2.15. The van der Waals surface area contributed by atoms with Crippen molar-refractivity contribution < 1.29 is 5.11 Å².